The van der Waals surface area contributed by atoms with Gasteiger partial charge in [0.15, 0.2) is 0 Å². The van der Waals surface area contributed by atoms with Gasteiger partial charge in [-0.15, -0.1) is 12.3 Å². The average Bonchev–Trinajstić information content (AvgIpc) is 2.03. The van der Waals surface area contributed by atoms with Gasteiger partial charge in [-0.3, -0.25) is 0 Å². The number of rotatable bonds is 6. The molecule has 0 unspecified atom stereocenters. The second-order valence-electron chi connectivity index (χ2n) is 3.44. The molecule has 0 bridgehead atoms. The van der Waals surface area contributed by atoms with Crippen molar-refractivity contribution in [1.29, 1.82) is 0 Å². The van der Waals surface area contributed by atoms with Gasteiger partial charge in [-0.25, -0.2) is 0 Å². The fourth-order valence-electron chi connectivity index (χ4n) is 1.30. The molecule has 0 radical (unpaired) electrons. The van der Waals surface area contributed by atoms with E-state index in [1.165, 1.54) is 13.0 Å². The number of hydrogen-bond acceptors (Lipinski definition) is 1. The molecule has 0 heterocycles. The number of unbranched alkanes of at least 4 members (excludes halogenated alkanes) is 1. The number of nitrogens with zero attached hydrogens (tertiary/aromatic N) is 1. The van der Waals surface area contributed by atoms with Crippen molar-refractivity contribution in [2.45, 2.75) is 46.1 Å². The van der Waals surface area contributed by atoms with Gasteiger partial charge in [0.1, 0.15) is 0 Å². The van der Waals surface area contributed by atoms with Gasteiger partial charge in [-0.1, -0.05) is 6.92 Å². The smallest absolute Gasteiger partial charge is 0.00982 e. The summed E-state index contributed by atoms with van der Waals surface area (Å²) in [5, 5.41) is 0. The van der Waals surface area contributed by atoms with Crippen LogP contribution in [0.1, 0.15) is 40.0 Å². The summed E-state index contributed by atoms with van der Waals surface area (Å²) in [5.74, 6) is 2.68. The van der Waals surface area contributed by atoms with E-state index in [0.29, 0.717) is 6.04 Å². The van der Waals surface area contributed by atoms with Gasteiger partial charge >= 0.3 is 0 Å². The predicted molar refractivity (Wildman–Crippen MR) is 55.1 cm³/mol. The van der Waals surface area contributed by atoms with Gasteiger partial charge in [0, 0.05) is 12.5 Å². The Balaban J connectivity index is 3.57. The zero-order chi connectivity index (χ0) is 9.40. The first-order chi connectivity index (χ1) is 5.72. The highest BCUT2D eigenvalue weighted by Gasteiger charge is 2.06. The molecule has 0 rings (SSSR count). The highest BCUT2D eigenvalue weighted by atomic mass is 15.1. The van der Waals surface area contributed by atoms with E-state index in [9.17, 15) is 0 Å². The van der Waals surface area contributed by atoms with E-state index in [1.807, 2.05) is 0 Å². The van der Waals surface area contributed by atoms with Gasteiger partial charge in [-0.05, 0) is 39.8 Å². The van der Waals surface area contributed by atoms with E-state index < -0.39 is 0 Å². The molecule has 0 aliphatic carbocycles. The summed E-state index contributed by atoms with van der Waals surface area (Å²) in [6, 6.07) is 0.655. The minimum atomic E-state index is 0.655. The zero-order valence-corrected chi connectivity index (χ0v) is 8.64. The molecule has 0 amide bonds. The summed E-state index contributed by atoms with van der Waals surface area (Å²) in [5.41, 5.74) is 0. The largest absolute Gasteiger partial charge is 0.301 e. The highest BCUT2D eigenvalue weighted by Crippen LogP contribution is 2.02. The molecule has 0 saturated carbocycles. The third kappa shape index (κ3) is 5.21. The van der Waals surface area contributed by atoms with Crippen LogP contribution in [0, 0.1) is 12.3 Å². The lowest BCUT2D eigenvalue weighted by Gasteiger charge is -2.25. The van der Waals surface area contributed by atoms with Crippen molar-refractivity contribution < 1.29 is 0 Å². The van der Waals surface area contributed by atoms with Crippen molar-refractivity contribution in [3.63, 3.8) is 0 Å². The van der Waals surface area contributed by atoms with Gasteiger partial charge in [0.2, 0.25) is 0 Å². The van der Waals surface area contributed by atoms with Crippen LogP contribution in [0.2, 0.25) is 0 Å². The molecule has 1 heteroatoms. The number of hydrogen-bond donors (Lipinski definition) is 0. The summed E-state index contributed by atoms with van der Waals surface area (Å²) >= 11 is 0. The Morgan fingerprint density at radius 1 is 1.33 bits per heavy atom. The van der Waals surface area contributed by atoms with Crippen LogP contribution in [0.25, 0.3) is 0 Å². The molecule has 0 spiro atoms. The molecule has 1 nitrogen and oxygen atoms in total. The Hall–Kier alpha value is -0.480. The summed E-state index contributed by atoms with van der Waals surface area (Å²) < 4.78 is 0. The van der Waals surface area contributed by atoms with Crippen molar-refractivity contribution in [3.8, 4) is 12.3 Å². The lowest BCUT2D eigenvalue weighted by atomic mass is 10.2. The lowest BCUT2D eigenvalue weighted by Crippen LogP contribution is -2.32. The van der Waals surface area contributed by atoms with Crippen molar-refractivity contribution in [2.24, 2.45) is 0 Å². The van der Waals surface area contributed by atoms with Crippen LogP contribution in [-0.2, 0) is 0 Å². The maximum absolute atomic E-state index is 5.20. The van der Waals surface area contributed by atoms with Crippen molar-refractivity contribution in [2.75, 3.05) is 13.1 Å². The molecule has 0 fully saturated rings. The molecule has 12 heavy (non-hydrogen) atoms. The molecule has 70 valence electrons. The van der Waals surface area contributed by atoms with E-state index in [1.54, 1.807) is 0 Å². The minimum absolute atomic E-state index is 0.655. The molecular weight excluding hydrogens is 146 g/mol. The van der Waals surface area contributed by atoms with Crippen LogP contribution in [0.15, 0.2) is 0 Å². The Morgan fingerprint density at radius 3 is 2.42 bits per heavy atom. The summed E-state index contributed by atoms with van der Waals surface area (Å²) in [6.45, 7) is 9.05. The number of terminal acetylenes is 1. The maximum Gasteiger partial charge on any atom is 0.00982 e. The lowest BCUT2D eigenvalue weighted by molar-refractivity contribution is 0.220. The third-order valence-electron chi connectivity index (χ3n) is 2.01. The van der Waals surface area contributed by atoms with Crippen LogP contribution in [0.5, 0.6) is 0 Å². The van der Waals surface area contributed by atoms with Crippen molar-refractivity contribution >= 4 is 0 Å². The van der Waals surface area contributed by atoms with Crippen LogP contribution < -0.4 is 0 Å². The molecule has 0 aromatic heterocycles. The molecule has 0 saturated heterocycles. The Bertz CT molecular complexity index is 132. The molecule has 0 aromatic rings. The van der Waals surface area contributed by atoms with E-state index >= 15 is 0 Å². The van der Waals surface area contributed by atoms with Gasteiger partial charge in [0.05, 0.1) is 0 Å². The van der Waals surface area contributed by atoms with Crippen LogP contribution in [-0.4, -0.2) is 24.0 Å². The quantitative estimate of drug-likeness (QED) is 0.434. The first-order valence-electron chi connectivity index (χ1n) is 4.89. The van der Waals surface area contributed by atoms with E-state index in [4.69, 9.17) is 6.42 Å². The Morgan fingerprint density at radius 2 is 2.00 bits per heavy atom. The molecule has 0 aliphatic heterocycles. The summed E-state index contributed by atoms with van der Waals surface area (Å²) in [7, 11) is 0. The van der Waals surface area contributed by atoms with Crippen LogP contribution in [0.3, 0.4) is 0 Å². The maximum atomic E-state index is 5.20. The highest BCUT2D eigenvalue weighted by molar-refractivity contribution is 4.83. The molecular formula is C11H21N. The normalized spacial score (nSPS) is 10.7. The summed E-state index contributed by atoms with van der Waals surface area (Å²) in [4.78, 5) is 2.48. The van der Waals surface area contributed by atoms with Crippen molar-refractivity contribution in [3.05, 3.63) is 0 Å². The third-order valence-corrected chi connectivity index (χ3v) is 2.01. The Labute approximate surface area is 77.1 Å². The van der Waals surface area contributed by atoms with Gasteiger partial charge in [0.25, 0.3) is 0 Å². The first kappa shape index (κ1) is 11.5. The second-order valence-corrected chi connectivity index (χ2v) is 3.44. The molecule has 0 aromatic carbocycles. The Kier molecular flexibility index (Phi) is 6.90. The van der Waals surface area contributed by atoms with Crippen molar-refractivity contribution in [1.82, 2.24) is 4.90 Å². The van der Waals surface area contributed by atoms with Crippen LogP contribution >= 0.6 is 0 Å². The summed E-state index contributed by atoms with van der Waals surface area (Å²) in [6.07, 6.45) is 8.47. The molecule has 0 N–H and O–H groups in total. The molecule has 0 aliphatic rings. The van der Waals surface area contributed by atoms with Crippen LogP contribution in [0.4, 0.5) is 0 Å². The fourth-order valence-corrected chi connectivity index (χ4v) is 1.30. The fraction of sp³-hybridized carbons (Fsp3) is 0.818. The molecule has 0 atom stereocenters. The van der Waals surface area contributed by atoms with Gasteiger partial charge < -0.3 is 4.90 Å². The van der Waals surface area contributed by atoms with E-state index in [0.717, 1.165) is 19.4 Å². The SMILES string of the molecule is C#CCCCN(CCC)C(C)C. The second kappa shape index (κ2) is 7.18. The average molecular weight is 167 g/mol. The van der Waals surface area contributed by atoms with E-state index in [-0.39, 0.29) is 0 Å². The topological polar surface area (TPSA) is 3.24 Å². The predicted octanol–water partition coefficient (Wildman–Crippen LogP) is 2.52. The van der Waals surface area contributed by atoms with Gasteiger partial charge in [-0.2, -0.15) is 0 Å². The zero-order valence-electron chi connectivity index (χ0n) is 8.64. The standard InChI is InChI=1S/C11H21N/c1-5-7-8-10-12(9-6-2)11(3)4/h1,11H,6-10H2,2-4H3. The van der Waals surface area contributed by atoms with E-state index in [2.05, 4.69) is 31.6 Å². The first-order valence-corrected chi connectivity index (χ1v) is 4.89. The monoisotopic (exact) mass is 167 g/mol. The minimum Gasteiger partial charge on any atom is -0.301 e.